The van der Waals surface area contributed by atoms with Crippen LogP contribution in [0.2, 0.25) is 0 Å². The summed E-state index contributed by atoms with van der Waals surface area (Å²) in [7, 11) is 0. The molecule has 7 nitrogen and oxygen atoms in total. The molecule has 0 unspecified atom stereocenters. The third-order valence-corrected chi connectivity index (χ3v) is 8.40. The van der Waals surface area contributed by atoms with Crippen molar-refractivity contribution >= 4 is 23.1 Å². The Hall–Kier alpha value is -3.45. The van der Waals surface area contributed by atoms with Gasteiger partial charge in [-0.05, 0) is 61.9 Å². The number of furan rings is 1. The standard InChI is InChI=1S/C28H28O7/c1-13-8-17(16-6-7-35-11-16)18-9-26(4)12-27(5)10-19(30)21(15(3)29)24(32)28(27,34)25(33)22(26)23(31)20(18)14(13)2/h6-8,11,31-32,34H,9-10,12H2,1-5H3/t26-,27+,28+/m1/s1. The minimum Gasteiger partial charge on any atom is -0.508 e. The maximum atomic E-state index is 14.0. The number of rotatable bonds is 2. The number of ketones is 3. The number of aliphatic hydroxyl groups excluding tert-OH is 2. The second-order valence-corrected chi connectivity index (χ2v) is 10.8. The van der Waals surface area contributed by atoms with Gasteiger partial charge in [0.1, 0.15) is 17.1 Å². The van der Waals surface area contributed by atoms with Crippen LogP contribution in [0, 0.1) is 24.7 Å². The van der Waals surface area contributed by atoms with Crippen molar-refractivity contribution in [1.29, 1.82) is 0 Å². The molecule has 0 saturated heterocycles. The Labute approximate surface area is 202 Å². The summed E-state index contributed by atoms with van der Waals surface area (Å²) in [5, 5.41) is 34.3. The molecule has 2 aromatic rings. The van der Waals surface area contributed by atoms with Gasteiger partial charge in [0.25, 0.3) is 0 Å². The van der Waals surface area contributed by atoms with Gasteiger partial charge >= 0.3 is 0 Å². The average molecular weight is 477 g/mol. The molecular formula is C28H28O7. The van der Waals surface area contributed by atoms with Crippen LogP contribution in [0.15, 0.2) is 46.0 Å². The van der Waals surface area contributed by atoms with Crippen LogP contribution in [-0.4, -0.2) is 38.3 Å². The van der Waals surface area contributed by atoms with E-state index in [1.807, 2.05) is 32.9 Å². The molecule has 0 amide bonds. The molecule has 3 atom stereocenters. The van der Waals surface area contributed by atoms with Gasteiger partial charge in [0.15, 0.2) is 17.2 Å². The Morgan fingerprint density at radius 1 is 1.11 bits per heavy atom. The van der Waals surface area contributed by atoms with Crippen LogP contribution < -0.4 is 0 Å². The topological polar surface area (TPSA) is 125 Å². The van der Waals surface area contributed by atoms with E-state index in [2.05, 4.69) is 0 Å². The van der Waals surface area contributed by atoms with Crippen LogP contribution in [0.3, 0.4) is 0 Å². The van der Waals surface area contributed by atoms with Crippen LogP contribution in [0.4, 0.5) is 0 Å². The highest BCUT2D eigenvalue weighted by Crippen LogP contribution is 2.62. The van der Waals surface area contributed by atoms with E-state index in [9.17, 15) is 29.7 Å². The van der Waals surface area contributed by atoms with Gasteiger partial charge < -0.3 is 19.7 Å². The first-order valence-corrected chi connectivity index (χ1v) is 11.6. The molecule has 182 valence electrons. The lowest BCUT2D eigenvalue weighted by Crippen LogP contribution is -2.65. The van der Waals surface area contributed by atoms with Crippen molar-refractivity contribution in [3.63, 3.8) is 0 Å². The second-order valence-electron chi connectivity index (χ2n) is 10.8. The van der Waals surface area contributed by atoms with E-state index in [1.165, 1.54) is 0 Å². The van der Waals surface area contributed by atoms with Crippen molar-refractivity contribution in [1.82, 2.24) is 0 Å². The van der Waals surface area contributed by atoms with Crippen molar-refractivity contribution < 1.29 is 34.1 Å². The Morgan fingerprint density at radius 3 is 2.40 bits per heavy atom. The zero-order chi connectivity index (χ0) is 25.7. The van der Waals surface area contributed by atoms with E-state index in [0.717, 1.165) is 34.7 Å². The molecule has 3 N–H and O–H groups in total. The largest absolute Gasteiger partial charge is 0.508 e. The van der Waals surface area contributed by atoms with Gasteiger partial charge in [0, 0.05) is 34.0 Å². The van der Waals surface area contributed by atoms with Crippen molar-refractivity contribution in [2.24, 2.45) is 10.8 Å². The van der Waals surface area contributed by atoms with Crippen LogP contribution in [0.5, 0.6) is 0 Å². The van der Waals surface area contributed by atoms with E-state index in [0.29, 0.717) is 12.0 Å². The summed E-state index contributed by atoms with van der Waals surface area (Å²) < 4.78 is 5.30. The molecule has 5 rings (SSSR count). The zero-order valence-electron chi connectivity index (χ0n) is 20.4. The van der Waals surface area contributed by atoms with Gasteiger partial charge in [-0.15, -0.1) is 0 Å². The van der Waals surface area contributed by atoms with Gasteiger partial charge in [-0.2, -0.15) is 0 Å². The summed E-state index contributed by atoms with van der Waals surface area (Å²) >= 11 is 0. The molecule has 7 heteroatoms. The molecule has 0 spiro atoms. The number of benzene rings is 1. The third kappa shape index (κ3) is 2.79. The molecule has 1 heterocycles. The quantitative estimate of drug-likeness (QED) is 0.546. The summed E-state index contributed by atoms with van der Waals surface area (Å²) in [5.41, 5.74) is -0.511. The summed E-state index contributed by atoms with van der Waals surface area (Å²) in [6.45, 7) is 8.32. The Morgan fingerprint density at radius 2 is 1.80 bits per heavy atom. The van der Waals surface area contributed by atoms with Gasteiger partial charge in [-0.1, -0.05) is 19.9 Å². The summed E-state index contributed by atoms with van der Waals surface area (Å²) in [6, 6.07) is 3.86. The molecule has 1 aromatic heterocycles. The van der Waals surface area contributed by atoms with Crippen molar-refractivity contribution in [3.8, 4) is 11.1 Å². The van der Waals surface area contributed by atoms with Gasteiger partial charge in [0.2, 0.25) is 5.78 Å². The van der Waals surface area contributed by atoms with Crippen molar-refractivity contribution in [3.05, 3.63) is 63.8 Å². The van der Waals surface area contributed by atoms with Crippen LogP contribution >= 0.6 is 0 Å². The SMILES string of the molecule is CC(=O)C1=C(O)[C@]2(O)C(=O)C3=C(O)c4c(C)c(C)cc(-c5ccoc5)c4C[C@]3(C)C[C@]2(C)CC1=O. The predicted molar refractivity (Wildman–Crippen MR) is 128 cm³/mol. The summed E-state index contributed by atoms with van der Waals surface area (Å²) in [4.78, 5) is 39.0. The molecule has 0 bridgehead atoms. The maximum absolute atomic E-state index is 14.0. The number of hydrogen-bond acceptors (Lipinski definition) is 7. The number of carbonyl (C=O) groups is 3. The van der Waals surface area contributed by atoms with E-state index in [1.54, 1.807) is 19.5 Å². The molecule has 1 saturated carbocycles. The number of Topliss-reactive ketones (excluding diaryl/α,β-unsaturated/α-hetero) is 3. The van der Waals surface area contributed by atoms with Crippen molar-refractivity contribution in [2.75, 3.05) is 0 Å². The fourth-order valence-corrected chi connectivity index (χ4v) is 6.72. The number of carbonyl (C=O) groups excluding carboxylic acids is 3. The predicted octanol–water partition coefficient (Wildman–Crippen LogP) is 4.48. The Bertz CT molecular complexity index is 1410. The molecule has 1 fully saturated rings. The Kier molecular flexibility index (Phi) is 4.69. The molecule has 35 heavy (non-hydrogen) atoms. The maximum Gasteiger partial charge on any atom is 0.203 e. The highest BCUT2D eigenvalue weighted by Gasteiger charge is 2.68. The Balaban J connectivity index is 1.82. The van der Waals surface area contributed by atoms with E-state index in [-0.39, 0.29) is 24.2 Å². The first-order valence-electron chi connectivity index (χ1n) is 11.6. The van der Waals surface area contributed by atoms with Gasteiger partial charge in [-0.25, -0.2) is 0 Å². The minimum atomic E-state index is -2.49. The lowest BCUT2D eigenvalue weighted by atomic mass is 9.47. The molecule has 0 radical (unpaired) electrons. The number of aryl methyl sites for hydroxylation is 1. The average Bonchev–Trinajstić information content (AvgIpc) is 3.27. The van der Waals surface area contributed by atoms with Crippen LogP contribution in [0.25, 0.3) is 16.9 Å². The molecule has 1 aromatic carbocycles. The number of fused-ring (bicyclic) bond motifs is 3. The summed E-state index contributed by atoms with van der Waals surface area (Å²) in [5.74, 6) is -3.34. The number of aliphatic hydroxyl groups is 3. The fourth-order valence-electron chi connectivity index (χ4n) is 6.72. The van der Waals surface area contributed by atoms with E-state index >= 15 is 0 Å². The van der Waals surface area contributed by atoms with Gasteiger partial charge in [-0.3, -0.25) is 14.4 Å². The zero-order valence-corrected chi connectivity index (χ0v) is 20.4. The normalized spacial score (nSPS) is 30.2. The molecule has 3 aliphatic carbocycles. The lowest BCUT2D eigenvalue weighted by Gasteiger charge is -2.56. The first kappa shape index (κ1) is 23.3. The highest BCUT2D eigenvalue weighted by atomic mass is 16.3. The van der Waals surface area contributed by atoms with Crippen molar-refractivity contribution in [2.45, 2.75) is 59.5 Å². The second kappa shape index (κ2) is 7.04. The monoisotopic (exact) mass is 476 g/mol. The smallest absolute Gasteiger partial charge is 0.203 e. The van der Waals surface area contributed by atoms with Gasteiger partial charge in [0.05, 0.1) is 12.5 Å². The third-order valence-electron chi connectivity index (χ3n) is 8.40. The summed E-state index contributed by atoms with van der Waals surface area (Å²) in [6.07, 6.45) is 3.44. The minimum absolute atomic E-state index is 0.0145. The number of allylic oxidation sites excluding steroid dienone is 1. The van der Waals surface area contributed by atoms with E-state index in [4.69, 9.17) is 4.42 Å². The highest BCUT2D eigenvalue weighted by molar-refractivity contribution is 6.23. The van der Waals surface area contributed by atoms with E-state index < -0.39 is 45.1 Å². The van der Waals surface area contributed by atoms with Crippen LogP contribution in [-0.2, 0) is 20.8 Å². The lowest BCUT2D eigenvalue weighted by molar-refractivity contribution is -0.164. The fraction of sp³-hybridized carbons (Fsp3) is 0.393. The number of hydrogen-bond donors (Lipinski definition) is 3. The molecule has 3 aliphatic rings. The van der Waals surface area contributed by atoms with Crippen LogP contribution in [0.1, 0.15) is 55.9 Å². The molecular weight excluding hydrogens is 448 g/mol. The molecule has 0 aliphatic heterocycles. The first-order chi connectivity index (χ1) is 16.3.